The predicted octanol–water partition coefficient (Wildman–Crippen LogP) is 5.44. The lowest BCUT2D eigenvalue weighted by Crippen LogP contribution is -2.48. The molecule has 2 aliphatic rings. The van der Waals surface area contributed by atoms with Crippen LogP contribution in [0.1, 0.15) is 51.0 Å². The van der Waals surface area contributed by atoms with Gasteiger partial charge < -0.3 is 19.4 Å². The molecular weight excluding hydrogens is 452 g/mol. The molecule has 36 heavy (non-hydrogen) atoms. The molecule has 2 heterocycles. The molecule has 2 fully saturated rings. The first-order valence-electron chi connectivity index (χ1n) is 13.3. The summed E-state index contributed by atoms with van der Waals surface area (Å²) in [6.45, 7) is 7.10. The molecule has 1 amide bonds. The van der Waals surface area contributed by atoms with Crippen LogP contribution >= 0.6 is 0 Å². The topological polar surface area (TPSA) is 74.9 Å². The highest BCUT2D eigenvalue weighted by molar-refractivity contribution is 5.86. The van der Waals surface area contributed by atoms with E-state index in [1.165, 1.54) is 26.4 Å². The number of carbonyl (C=O) groups is 2. The number of amides is 1. The first-order chi connectivity index (χ1) is 17.5. The standard InChI is InChI=1S/C30H40N2O4/c1-4-23-15-22(11-7-5-6-8-12-26-20-36-26)16-25(23)19-32(21(2)33)29(30(34)35-3)17-24-18-31-28-14-10-9-13-27(24)28/h4,7,9-11,13-14,18,22-23,25-26,29,31H,1,5-6,8,12,15-17,19-20H2,2-3H3/b11-7+/t22-,23+,25?,26?,29?/m0/s1. The molecule has 2 aromatic rings. The van der Waals surface area contributed by atoms with Crippen LogP contribution in [0.15, 0.2) is 55.3 Å². The molecule has 4 rings (SSSR count). The molecule has 0 radical (unpaired) electrons. The summed E-state index contributed by atoms with van der Waals surface area (Å²) in [6.07, 6.45) is 16.3. The van der Waals surface area contributed by atoms with Gasteiger partial charge in [-0.15, -0.1) is 6.58 Å². The number of esters is 1. The quantitative estimate of drug-likeness (QED) is 0.175. The van der Waals surface area contributed by atoms with Crippen LogP contribution in [-0.4, -0.2) is 54.2 Å². The Bertz CT molecular complexity index is 1070. The number of hydrogen-bond acceptors (Lipinski definition) is 4. The third-order valence-electron chi connectivity index (χ3n) is 7.82. The van der Waals surface area contributed by atoms with Gasteiger partial charge in [-0.1, -0.05) is 42.8 Å². The highest BCUT2D eigenvalue weighted by Crippen LogP contribution is 2.39. The van der Waals surface area contributed by atoms with Crippen LogP contribution < -0.4 is 0 Å². The van der Waals surface area contributed by atoms with Crippen molar-refractivity contribution in [3.8, 4) is 0 Å². The number of epoxide rings is 1. The van der Waals surface area contributed by atoms with E-state index in [9.17, 15) is 9.59 Å². The van der Waals surface area contributed by atoms with Gasteiger partial charge in [0.1, 0.15) is 6.04 Å². The number of hydrogen-bond donors (Lipinski definition) is 1. The second-order valence-corrected chi connectivity index (χ2v) is 10.3. The van der Waals surface area contributed by atoms with Crippen molar-refractivity contribution in [1.82, 2.24) is 9.88 Å². The average molecular weight is 493 g/mol. The summed E-state index contributed by atoms with van der Waals surface area (Å²) in [5.74, 6) is 0.579. The summed E-state index contributed by atoms with van der Waals surface area (Å²) in [5, 5.41) is 1.06. The minimum atomic E-state index is -0.665. The van der Waals surface area contributed by atoms with Crippen molar-refractivity contribution in [1.29, 1.82) is 0 Å². The van der Waals surface area contributed by atoms with E-state index in [1.807, 2.05) is 36.5 Å². The molecule has 1 N–H and O–H groups in total. The van der Waals surface area contributed by atoms with Gasteiger partial charge in [0.2, 0.25) is 5.91 Å². The van der Waals surface area contributed by atoms with E-state index in [-0.39, 0.29) is 17.8 Å². The summed E-state index contributed by atoms with van der Waals surface area (Å²) in [4.78, 5) is 30.8. The minimum absolute atomic E-state index is 0.105. The number of para-hydroxylation sites is 1. The third-order valence-corrected chi connectivity index (χ3v) is 7.82. The zero-order valence-electron chi connectivity index (χ0n) is 21.7. The summed E-state index contributed by atoms with van der Waals surface area (Å²) in [7, 11) is 1.39. The Kier molecular flexibility index (Phi) is 9.03. The molecule has 1 aliphatic carbocycles. The summed E-state index contributed by atoms with van der Waals surface area (Å²) >= 11 is 0. The molecular formula is C30H40N2O4. The van der Waals surface area contributed by atoms with Crippen LogP contribution in [0.5, 0.6) is 0 Å². The molecule has 6 nitrogen and oxygen atoms in total. The number of aromatic amines is 1. The lowest BCUT2D eigenvalue weighted by molar-refractivity contribution is -0.152. The van der Waals surface area contributed by atoms with Gasteiger partial charge in [-0.25, -0.2) is 4.79 Å². The third kappa shape index (κ3) is 6.67. The Labute approximate surface area is 214 Å². The normalized spacial score (nSPS) is 24.2. The first kappa shape index (κ1) is 26.2. The first-order valence-corrected chi connectivity index (χ1v) is 13.3. The van der Waals surface area contributed by atoms with Crippen LogP contribution in [0.25, 0.3) is 10.9 Å². The zero-order chi connectivity index (χ0) is 25.5. The highest BCUT2D eigenvalue weighted by atomic mass is 16.6. The Hall–Kier alpha value is -2.86. The fourth-order valence-electron chi connectivity index (χ4n) is 5.71. The van der Waals surface area contributed by atoms with Gasteiger partial charge in [0, 0.05) is 37.0 Å². The van der Waals surface area contributed by atoms with E-state index >= 15 is 0 Å². The van der Waals surface area contributed by atoms with Crippen LogP contribution in [0.3, 0.4) is 0 Å². The van der Waals surface area contributed by atoms with Crippen molar-refractivity contribution in [3.63, 3.8) is 0 Å². The van der Waals surface area contributed by atoms with E-state index < -0.39 is 6.04 Å². The second-order valence-electron chi connectivity index (χ2n) is 10.3. The lowest BCUT2D eigenvalue weighted by Gasteiger charge is -2.32. The summed E-state index contributed by atoms with van der Waals surface area (Å²) < 4.78 is 10.4. The van der Waals surface area contributed by atoms with Gasteiger partial charge in [0.15, 0.2) is 0 Å². The molecule has 1 aromatic heterocycles. The summed E-state index contributed by atoms with van der Waals surface area (Å²) in [6, 6.07) is 7.35. The van der Waals surface area contributed by atoms with Crippen LogP contribution in [0.2, 0.25) is 0 Å². The number of nitrogens with zero attached hydrogens (tertiary/aromatic N) is 1. The maximum atomic E-state index is 12.9. The van der Waals surface area contributed by atoms with E-state index in [1.54, 1.807) is 11.8 Å². The summed E-state index contributed by atoms with van der Waals surface area (Å²) in [5.41, 5.74) is 2.02. The van der Waals surface area contributed by atoms with Gasteiger partial charge in [-0.05, 0) is 61.5 Å². The molecule has 3 unspecified atom stereocenters. The SMILES string of the molecule is C=C[C@@H]1C[C@H](/C=C/CCCCC2CO2)CC1CN(C(C)=O)C(Cc1c[nH]c2ccccc12)C(=O)OC. The average Bonchev–Trinajstić information content (AvgIpc) is 3.49. The fourth-order valence-corrected chi connectivity index (χ4v) is 5.71. The fraction of sp³-hybridized carbons (Fsp3) is 0.533. The van der Waals surface area contributed by atoms with Crippen molar-refractivity contribution in [2.75, 3.05) is 20.3 Å². The smallest absolute Gasteiger partial charge is 0.328 e. The van der Waals surface area contributed by atoms with Crippen molar-refractivity contribution in [3.05, 3.63) is 60.8 Å². The van der Waals surface area contributed by atoms with E-state index in [2.05, 4.69) is 23.7 Å². The number of H-pyrrole nitrogens is 1. The maximum Gasteiger partial charge on any atom is 0.328 e. The second kappa shape index (κ2) is 12.4. The Morgan fingerprint density at radius 1 is 1.28 bits per heavy atom. The number of aromatic nitrogens is 1. The number of carbonyl (C=O) groups excluding carboxylic acids is 2. The minimum Gasteiger partial charge on any atom is -0.467 e. The number of methoxy groups -OCH3 is 1. The molecule has 1 aliphatic heterocycles. The number of ether oxygens (including phenoxy) is 2. The van der Waals surface area contributed by atoms with E-state index in [4.69, 9.17) is 9.47 Å². The number of benzene rings is 1. The largest absolute Gasteiger partial charge is 0.467 e. The van der Waals surface area contributed by atoms with Crippen molar-refractivity contribution < 1.29 is 19.1 Å². The number of unbranched alkanes of at least 4 members (excludes halogenated alkanes) is 2. The Morgan fingerprint density at radius 3 is 2.81 bits per heavy atom. The molecule has 1 saturated carbocycles. The Balaban J connectivity index is 1.41. The van der Waals surface area contributed by atoms with Gasteiger partial charge in [-0.3, -0.25) is 4.79 Å². The zero-order valence-corrected chi connectivity index (χ0v) is 21.7. The number of rotatable bonds is 13. The predicted molar refractivity (Wildman–Crippen MR) is 142 cm³/mol. The van der Waals surface area contributed by atoms with E-state index in [0.29, 0.717) is 30.9 Å². The van der Waals surface area contributed by atoms with E-state index in [0.717, 1.165) is 42.3 Å². The van der Waals surface area contributed by atoms with Crippen molar-refractivity contribution in [2.24, 2.45) is 17.8 Å². The molecule has 194 valence electrons. The monoisotopic (exact) mass is 492 g/mol. The van der Waals surface area contributed by atoms with Crippen LogP contribution in [0, 0.1) is 17.8 Å². The van der Waals surface area contributed by atoms with Gasteiger partial charge in [-0.2, -0.15) is 0 Å². The molecule has 0 bridgehead atoms. The van der Waals surface area contributed by atoms with Gasteiger partial charge in [0.25, 0.3) is 0 Å². The lowest BCUT2D eigenvalue weighted by atomic mass is 9.94. The molecule has 1 saturated heterocycles. The number of fused-ring (bicyclic) bond motifs is 1. The van der Waals surface area contributed by atoms with Crippen LogP contribution in [0.4, 0.5) is 0 Å². The number of allylic oxidation sites excluding steroid dienone is 3. The molecule has 0 spiro atoms. The molecule has 6 heteroatoms. The van der Waals surface area contributed by atoms with Gasteiger partial charge >= 0.3 is 5.97 Å². The van der Waals surface area contributed by atoms with Gasteiger partial charge in [0.05, 0.1) is 19.8 Å². The molecule has 1 aromatic carbocycles. The van der Waals surface area contributed by atoms with Crippen molar-refractivity contribution in [2.45, 2.75) is 64.0 Å². The maximum absolute atomic E-state index is 12.9. The number of nitrogens with one attached hydrogen (secondary N) is 1. The molecule has 5 atom stereocenters. The highest BCUT2D eigenvalue weighted by Gasteiger charge is 2.37. The van der Waals surface area contributed by atoms with Crippen molar-refractivity contribution >= 4 is 22.8 Å². The Morgan fingerprint density at radius 2 is 2.08 bits per heavy atom. The van der Waals surface area contributed by atoms with Crippen LogP contribution in [-0.2, 0) is 25.5 Å².